The van der Waals surface area contributed by atoms with Gasteiger partial charge >= 0.3 is 0 Å². The highest BCUT2D eigenvalue weighted by atomic mass is 35.5. The largest absolute Gasteiger partial charge is 0.368 e. The molecule has 0 unspecified atom stereocenters. The van der Waals surface area contributed by atoms with Crippen molar-refractivity contribution in [1.82, 2.24) is 9.97 Å². The summed E-state index contributed by atoms with van der Waals surface area (Å²) >= 11 is 11.9. The van der Waals surface area contributed by atoms with Crippen LogP contribution < -0.4 is 10.6 Å². The Kier molecular flexibility index (Phi) is 5.21. The molecule has 2 N–H and O–H groups in total. The molecule has 0 spiro atoms. The smallest absolute Gasteiger partial charge is 0.274 e. The number of halogens is 2. The third-order valence-corrected chi connectivity index (χ3v) is 3.23. The van der Waals surface area contributed by atoms with Crippen LogP contribution in [-0.4, -0.2) is 21.9 Å². The van der Waals surface area contributed by atoms with E-state index < -0.39 is 0 Å². The van der Waals surface area contributed by atoms with Gasteiger partial charge in [0.2, 0.25) is 0 Å². The molecule has 0 atom stereocenters. The van der Waals surface area contributed by atoms with E-state index in [2.05, 4.69) is 20.6 Å². The fourth-order valence-electron chi connectivity index (χ4n) is 1.83. The fourth-order valence-corrected chi connectivity index (χ4v) is 2.29. The SMILES string of the molecule is Cc1nc(NC(C)C)cc(C(=O)Nc2ccc(Cl)cc2Cl)n1. The minimum Gasteiger partial charge on any atom is -0.368 e. The van der Waals surface area contributed by atoms with Gasteiger partial charge < -0.3 is 10.6 Å². The summed E-state index contributed by atoms with van der Waals surface area (Å²) in [6.45, 7) is 5.72. The van der Waals surface area contributed by atoms with Gasteiger partial charge in [0.05, 0.1) is 10.7 Å². The van der Waals surface area contributed by atoms with Crippen molar-refractivity contribution in [2.24, 2.45) is 0 Å². The number of aryl methyl sites for hydroxylation is 1. The van der Waals surface area contributed by atoms with Crippen LogP contribution in [0.4, 0.5) is 11.5 Å². The van der Waals surface area contributed by atoms with Crippen molar-refractivity contribution in [2.45, 2.75) is 26.8 Å². The summed E-state index contributed by atoms with van der Waals surface area (Å²) in [4.78, 5) is 20.7. The van der Waals surface area contributed by atoms with Crippen LogP contribution in [-0.2, 0) is 0 Å². The molecule has 0 bridgehead atoms. The summed E-state index contributed by atoms with van der Waals surface area (Å²) < 4.78 is 0. The van der Waals surface area contributed by atoms with Crippen molar-refractivity contribution < 1.29 is 4.79 Å². The minimum atomic E-state index is -0.360. The van der Waals surface area contributed by atoms with Gasteiger partial charge in [0, 0.05) is 17.1 Å². The Bertz CT molecular complexity index is 704. The number of nitrogens with one attached hydrogen (secondary N) is 2. The molecule has 22 heavy (non-hydrogen) atoms. The predicted molar refractivity (Wildman–Crippen MR) is 89.9 cm³/mol. The molecule has 2 aromatic rings. The van der Waals surface area contributed by atoms with Gasteiger partial charge in [-0.15, -0.1) is 0 Å². The van der Waals surface area contributed by atoms with Crippen LogP contribution in [0, 0.1) is 6.92 Å². The molecule has 116 valence electrons. The summed E-state index contributed by atoms with van der Waals surface area (Å²) in [5.41, 5.74) is 0.743. The van der Waals surface area contributed by atoms with Gasteiger partial charge in [0.1, 0.15) is 17.3 Å². The third kappa shape index (κ3) is 4.32. The summed E-state index contributed by atoms with van der Waals surface area (Å²) in [5, 5.41) is 6.73. The lowest BCUT2D eigenvalue weighted by atomic mass is 10.3. The van der Waals surface area contributed by atoms with E-state index in [0.717, 1.165) is 0 Å². The maximum absolute atomic E-state index is 12.3. The molecular formula is C15H16Cl2N4O. The topological polar surface area (TPSA) is 66.9 Å². The van der Waals surface area contributed by atoms with Gasteiger partial charge in [0.25, 0.3) is 5.91 Å². The van der Waals surface area contributed by atoms with Crippen LogP contribution in [0.25, 0.3) is 0 Å². The Morgan fingerprint density at radius 1 is 1.18 bits per heavy atom. The number of rotatable bonds is 4. The van der Waals surface area contributed by atoms with E-state index in [-0.39, 0.29) is 17.6 Å². The van der Waals surface area contributed by atoms with Crippen molar-refractivity contribution in [3.05, 3.63) is 45.8 Å². The number of nitrogens with zero attached hydrogens (tertiary/aromatic N) is 2. The van der Waals surface area contributed by atoms with Crippen molar-refractivity contribution >= 4 is 40.6 Å². The van der Waals surface area contributed by atoms with Crippen molar-refractivity contribution in [2.75, 3.05) is 10.6 Å². The van der Waals surface area contributed by atoms with Gasteiger partial charge in [-0.05, 0) is 39.0 Å². The van der Waals surface area contributed by atoms with E-state index in [1.165, 1.54) is 0 Å². The van der Waals surface area contributed by atoms with E-state index in [9.17, 15) is 4.79 Å². The molecule has 0 aliphatic rings. The summed E-state index contributed by atoms with van der Waals surface area (Å²) in [6, 6.07) is 6.67. The molecular weight excluding hydrogens is 323 g/mol. The average Bonchev–Trinajstić information content (AvgIpc) is 2.40. The normalized spacial score (nSPS) is 10.6. The Balaban J connectivity index is 2.23. The van der Waals surface area contributed by atoms with Gasteiger partial charge in [-0.1, -0.05) is 23.2 Å². The van der Waals surface area contributed by atoms with Crippen LogP contribution in [0.5, 0.6) is 0 Å². The second-order valence-corrected chi connectivity index (χ2v) is 5.91. The number of hydrogen-bond acceptors (Lipinski definition) is 4. The van der Waals surface area contributed by atoms with Crippen molar-refractivity contribution in [1.29, 1.82) is 0 Å². The Labute approximate surface area is 139 Å². The highest BCUT2D eigenvalue weighted by molar-refractivity contribution is 6.36. The van der Waals surface area contributed by atoms with Gasteiger partial charge in [-0.2, -0.15) is 0 Å². The summed E-state index contributed by atoms with van der Waals surface area (Å²) in [5.74, 6) is 0.759. The Morgan fingerprint density at radius 2 is 1.91 bits per heavy atom. The molecule has 0 aliphatic carbocycles. The maximum atomic E-state index is 12.3. The predicted octanol–water partition coefficient (Wildman–Crippen LogP) is 4.16. The monoisotopic (exact) mass is 338 g/mol. The molecule has 0 radical (unpaired) electrons. The minimum absolute atomic E-state index is 0.205. The van der Waals surface area contributed by atoms with E-state index in [1.54, 1.807) is 31.2 Å². The highest BCUT2D eigenvalue weighted by Gasteiger charge is 2.13. The number of amides is 1. The van der Waals surface area contributed by atoms with E-state index >= 15 is 0 Å². The number of aromatic nitrogens is 2. The lowest BCUT2D eigenvalue weighted by molar-refractivity contribution is 0.102. The molecule has 7 heteroatoms. The van der Waals surface area contributed by atoms with E-state index in [1.807, 2.05) is 13.8 Å². The molecule has 1 heterocycles. The standard InChI is InChI=1S/C15H16Cl2N4O/c1-8(2)18-14-7-13(19-9(3)20-14)15(22)21-12-5-4-10(16)6-11(12)17/h4-8H,1-3H3,(H,21,22)(H,18,19,20). The van der Waals surface area contributed by atoms with E-state index in [4.69, 9.17) is 23.2 Å². The highest BCUT2D eigenvalue weighted by Crippen LogP contribution is 2.25. The lowest BCUT2D eigenvalue weighted by Gasteiger charge is -2.11. The number of benzene rings is 1. The maximum Gasteiger partial charge on any atom is 0.274 e. The molecule has 5 nitrogen and oxygen atoms in total. The quantitative estimate of drug-likeness (QED) is 0.878. The number of carbonyl (C=O) groups excluding carboxylic acids is 1. The number of anilines is 2. The molecule has 0 aliphatic heterocycles. The summed E-state index contributed by atoms with van der Waals surface area (Å²) in [6.07, 6.45) is 0. The molecule has 0 saturated carbocycles. The molecule has 2 rings (SSSR count). The first-order valence-electron chi connectivity index (χ1n) is 6.74. The molecule has 1 aromatic heterocycles. The van der Waals surface area contributed by atoms with Crippen LogP contribution >= 0.6 is 23.2 Å². The van der Waals surface area contributed by atoms with Crippen LogP contribution in [0.1, 0.15) is 30.2 Å². The first kappa shape index (κ1) is 16.5. The zero-order valence-corrected chi connectivity index (χ0v) is 14.0. The van der Waals surface area contributed by atoms with Crippen LogP contribution in [0.15, 0.2) is 24.3 Å². The Hall–Kier alpha value is -1.85. The van der Waals surface area contributed by atoms with Crippen molar-refractivity contribution in [3.8, 4) is 0 Å². The second-order valence-electron chi connectivity index (χ2n) is 5.06. The Morgan fingerprint density at radius 3 is 2.55 bits per heavy atom. The zero-order valence-electron chi connectivity index (χ0n) is 12.4. The first-order valence-corrected chi connectivity index (χ1v) is 7.49. The van der Waals surface area contributed by atoms with Crippen LogP contribution in [0.3, 0.4) is 0 Å². The molecule has 0 fully saturated rings. The zero-order chi connectivity index (χ0) is 16.3. The second kappa shape index (κ2) is 6.94. The average molecular weight is 339 g/mol. The number of hydrogen-bond donors (Lipinski definition) is 2. The van der Waals surface area contributed by atoms with Gasteiger partial charge in [-0.25, -0.2) is 9.97 Å². The third-order valence-electron chi connectivity index (χ3n) is 2.69. The molecule has 1 aromatic carbocycles. The van der Waals surface area contributed by atoms with E-state index in [0.29, 0.717) is 27.4 Å². The molecule has 0 saturated heterocycles. The first-order chi connectivity index (χ1) is 10.3. The lowest BCUT2D eigenvalue weighted by Crippen LogP contribution is -2.17. The summed E-state index contributed by atoms with van der Waals surface area (Å²) in [7, 11) is 0. The van der Waals surface area contributed by atoms with Gasteiger partial charge in [-0.3, -0.25) is 4.79 Å². The van der Waals surface area contributed by atoms with Crippen LogP contribution in [0.2, 0.25) is 10.0 Å². The van der Waals surface area contributed by atoms with Gasteiger partial charge in [0.15, 0.2) is 0 Å². The number of carbonyl (C=O) groups is 1. The van der Waals surface area contributed by atoms with Crippen molar-refractivity contribution in [3.63, 3.8) is 0 Å². The fraction of sp³-hybridized carbons (Fsp3) is 0.267. The molecule has 1 amide bonds.